The topological polar surface area (TPSA) is 115 Å². The first-order chi connectivity index (χ1) is 19.3. The van der Waals surface area contributed by atoms with Gasteiger partial charge in [-0.1, -0.05) is 11.6 Å². The summed E-state index contributed by atoms with van der Waals surface area (Å²) in [6.45, 7) is 1.59. The van der Waals surface area contributed by atoms with E-state index >= 15 is 0 Å². The molecule has 4 rings (SSSR count). The number of carbonyl (C=O) groups excluding carboxylic acids is 1. The van der Waals surface area contributed by atoms with E-state index < -0.39 is 17.4 Å². The highest BCUT2D eigenvalue weighted by molar-refractivity contribution is 6.35. The highest BCUT2D eigenvalue weighted by Gasteiger charge is 2.50. The second kappa shape index (κ2) is 11.8. The number of aromatic nitrogens is 4. The van der Waals surface area contributed by atoms with Crippen molar-refractivity contribution in [2.75, 3.05) is 32.2 Å². The Morgan fingerprint density at radius 3 is 2.54 bits per heavy atom. The second-order valence-electron chi connectivity index (χ2n) is 9.72. The summed E-state index contributed by atoms with van der Waals surface area (Å²) in [5.74, 6) is -3.89. The Morgan fingerprint density at radius 2 is 1.90 bits per heavy atom. The Kier molecular flexibility index (Phi) is 8.64. The number of nitrogens with one attached hydrogen (secondary N) is 1. The van der Waals surface area contributed by atoms with Gasteiger partial charge in [-0.3, -0.25) is 14.5 Å². The van der Waals surface area contributed by atoms with Crippen LogP contribution in [0.25, 0.3) is 22.3 Å². The number of aliphatic hydroxyl groups is 1. The molecule has 0 aliphatic carbocycles. The lowest BCUT2D eigenvalue weighted by Crippen LogP contribution is -2.55. The van der Waals surface area contributed by atoms with Crippen molar-refractivity contribution in [2.24, 2.45) is 7.05 Å². The fraction of sp³-hybridized carbons (Fsp3) is 0.357. The molecule has 0 radical (unpaired) electrons. The van der Waals surface area contributed by atoms with Gasteiger partial charge in [-0.2, -0.15) is 5.10 Å². The van der Waals surface area contributed by atoms with Crippen molar-refractivity contribution >= 4 is 39.9 Å². The summed E-state index contributed by atoms with van der Waals surface area (Å²) in [6, 6.07) is 8.93. The average Bonchev–Trinajstić information content (AvgIpc) is 3.38. The van der Waals surface area contributed by atoms with Crippen LogP contribution in [0.15, 0.2) is 48.9 Å². The molecule has 0 fully saturated rings. The van der Waals surface area contributed by atoms with Crippen LogP contribution in [0.5, 0.6) is 11.5 Å². The minimum atomic E-state index is -3.62. The molecule has 41 heavy (non-hydrogen) atoms. The number of fused-ring (bicyclic) bond motifs is 1. The van der Waals surface area contributed by atoms with Gasteiger partial charge in [0.05, 0.1) is 49.0 Å². The molecule has 1 unspecified atom stereocenters. The summed E-state index contributed by atoms with van der Waals surface area (Å²) < 4.78 is 40.0. The molecule has 10 nitrogen and oxygen atoms in total. The zero-order valence-corrected chi connectivity index (χ0v) is 24.0. The van der Waals surface area contributed by atoms with Crippen LogP contribution in [0.3, 0.4) is 0 Å². The molecule has 2 N–H and O–H groups in total. The smallest absolute Gasteiger partial charge is 0.282 e. The largest absolute Gasteiger partial charge is 0.497 e. The highest BCUT2D eigenvalue weighted by Crippen LogP contribution is 2.42. The van der Waals surface area contributed by atoms with Crippen LogP contribution in [0, 0.1) is 0 Å². The Morgan fingerprint density at radius 1 is 1.15 bits per heavy atom. The third kappa shape index (κ3) is 6.33. The number of hydrogen-bond donors (Lipinski definition) is 2. The van der Waals surface area contributed by atoms with E-state index in [4.69, 9.17) is 26.1 Å². The van der Waals surface area contributed by atoms with E-state index in [0.717, 1.165) is 12.5 Å². The number of nitrogens with zero attached hydrogens (tertiary/aromatic N) is 5. The first-order valence-electron chi connectivity index (χ1n) is 12.7. The maximum Gasteiger partial charge on any atom is 0.282 e. The van der Waals surface area contributed by atoms with E-state index in [1.165, 1.54) is 14.2 Å². The predicted molar refractivity (Wildman–Crippen MR) is 152 cm³/mol. The van der Waals surface area contributed by atoms with Gasteiger partial charge in [-0.05, 0) is 31.5 Å². The van der Waals surface area contributed by atoms with Crippen LogP contribution in [-0.2, 0) is 11.8 Å². The zero-order chi connectivity index (χ0) is 29.9. The summed E-state index contributed by atoms with van der Waals surface area (Å²) in [5.41, 5.74) is 1.16. The summed E-state index contributed by atoms with van der Waals surface area (Å²) in [6.07, 6.45) is 5.53. The highest BCUT2D eigenvalue weighted by atomic mass is 35.5. The average molecular weight is 589 g/mol. The van der Waals surface area contributed by atoms with Crippen molar-refractivity contribution in [3.05, 3.63) is 53.9 Å². The first kappa shape index (κ1) is 29.9. The van der Waals surface area contributed by atoms with Crippen LogP contribution in [0.1, 0.15) is 20.3 Å². The van der Waals surface area contributed by atoms with Gasteiger partial charge in [0.15, 0.2) is 0 Å². The summed E-state index contributed by atoms with van der Waals surface area (Å²) in [7, 11) is 4.83. The maximum atomic E-state index is 13.7. The third-order valence-corrected chi connectivity index (χ3v) is 7.10. The molecule has 2 aromatic heterocycles. The number of aryl methyl sites for hydroxylation is 1. The van der Waals surface area contributed by atoms with Crippen molar-refractivity contribution in [1.29, 1.82) is 0 Å². The van der Waals surface area contributed by atoms with E-state index in [1.807, 2.05) is 36.3 Å². The fourth-order valence-corrected chi connectivity index (χ4v) is 4.37. The van der Waals surface area contributed by atoms with Gasteiger partial charge in [0.25, 0.3) is 11.8 Å². The van der Waals surface area contributed by atoms with Gasteiger partial charge in [-0.25, -0.2) is 13.8 Å². The second-order valence-corrected chi connectivity index (χ2v) is 10.1. The van der Waals surface area contributed by atoms with Crippen molar-refractivity contribution in [3.8, 4) is 22.8 Å². The van der Waals surface area contributed by atoms with Gasteiger partial charge in [0, 0.05) is 56.6 Å². The predicted octanol–water partition coefficient (Wildman–Crippen LogP) is 4.75. The number of methoxy groups -OCH3 is 2. The number of amides is 1. The molecule has 2 aromatic carbocycles. The van der Waals surface area contributed by atoms with E-state index in [1.54, 1.807) is 29.2 Å². The van der Waals surface area contributed by atoms with E-state index in [9.17, 15) is 18.7 Å². The molecule has 0 spiro atoms. The molecule has 13 heteroatoms. The molecule has 218 valence electrons. The molecular weight excluding hydrogens is 558 g/mol. The maximum absolute atomic E-state index is 13.7. The number of carbonyl (C=O) groups is 1. The van der Waals surface area contributed by atoms with Crippen LogP contribution in [-0.4, -0.2) is 69.6 Å². The Balaban J connectivity index is 1.68. The van der Waals surface area contributed by atoms with E-state index in [0.29, 0.717) is 64.5 Å². The lowest BCUT2D eigenvalue weighted by Gasteiger charge is -2.29. The Hall–Kier alpha value is -4.03. The van der Waals surface area contributed by atoms with Gasteiger partial charge >= 0.3 is 0 Å². The van der Waals surface area contributed by atoms with Crippen molar-refractivity contribution in [2.45, 2.75) is 31.8 Å². The minimum Gasteiger partial charge on any atom is -0.497 e. The number of rotatable bonds is 11. The third-order valence-electron chi connectivity index (χ3n) is 6.72. The van der Waals surface area contributed by atoms with Gasteiger partial charge in [0.1, 0.15) is 16.5 Å². The van der Waals surface area contributed by atoms with Crippen molar-refractivity contribution in [1.82, 2.24) is 25.1 Å². The molecule has 0 saturated heterocycles. The summed E-state index contributed by atoms with van der Waals surface area (Å²) in [5, 5.41) is 16.9. The number of halogens is 3. The molecule has 0 saturated carbocycles. The van der Waals surface area contributed by atoms with Crippen molar-refractivity contribution in [3.63, 3.8) is 0 Å². The quantitative estimate of drug-likeness (QED) is 0.241. The van der Waals surface area contributed by atoms with E-state index in [-0.39, 0.29) is 6.54 Å². The molecular formula is C28H31ClF2N6O4. The van der Waals surface area contributed by atoms with Crippen molar-refractivity contribution < 1.29 is 28.2 Å². The normalized spacial score (nSPS) is 13.1. The fourth-order valence-electron chi connectivity index (χ4n) is 4.08. The van der Waals surface area contributed by atoms with Crippen LogP contribution in [0.4, 0.5) is 20.2 Å². The zero-order valence-electron chi connectivity index (χ0n) is 23.3. The van der Waals surface area contributed by atoms with Crippen LogP contribution < -0.4 is 19.7 Å². The molecule has 4 aromatic rings. The number of alkyl halides is 2. The Bertz CT molecular complexity index is 1560. The molecule has 1 atom stereocenters. The lowest BCUT2D eigenvalue weighted by molar-refractivity contribution is -0.179. The standard InChI is InChI=1S/C28H31ClF2N6O4/c1-27(39,28(2,30)31)26(38)32-9-6-10-37(23-12-19(40-4)13-24(41-5)25(23)29)18-7-8-20-21(11-18)35-22(15-33-20)17-14-34-36(3)16-17/h7-8,11-16,39H,6,9-10H2,1-5H3,(H,32,38). The first-order valence-corrected chi connectivity index (χ1v) is 13.1. The minimum absolute atomic E-state index is 0.0127. The van der Waals surface area contributed by atoms with Gasteiger partial charge in [-0.15, -0.1) is 0 Å². The monoisotopic (exact) mass is 588 g/mol. The van der Waals surface area contributed by atoms with Gasteiger partial charge < -0.3 is 24.8 Å². The molecule has 0 aliphatic heterocycles. The van der Waals surface area contributed by atoms with Gasteiger partial charge in [0.2, 0.25) is 5.60 Å². The summed E-state index contributed by atoms with van der Waals surface area (Å²) >= 11 is 6.74. The molecule has 1 amide bonds. The number of hydrogen-bond acceptors (Lipinski definition) is 8. The van der Waals surface area contributed by atoms with Crippen LogP contribution >= 0.6 is 11.6 Å². The SMILES string of the molecule is COc1cc(OC)c(Cl)c(N(CCCNC(=O)C(C)(O)C(C)(F)F)c2ccc3ncc(-c4cnn(C)c4)nc3c2)c1. The molecule has 0 aliphatic rings. The number of ether oxygens (including phenoxy) is 2. The lowest BCUT2D eigenvalue weighted by atomic mass is 9.98. The molecule has 0 bridgehead atoms. The number of anilines is 2. The van der Waals surface area contributed by atoms with Crippen LogP contribution in [0.2, 0.25) is 5.02 Å². The van der Waals surface area contributed by atoms with E-state index in [2.05, 4.69) is 15.4 Å². The Labute approximate surface area is 240 Å². The summed E-state index contributed by atoms with van der Waals surface area (Å²) in [4.78, 5) is 23.5. The molecule has 2 heterocycles. The number of benzene rings is 2.